The van der Waals surface area contributed by atoms with Crippen molar-refractivity contribution >= 4 is 31.3 Å². The van der Waals surface area contributed by atoms with Crippen molar-refractivity contribution in [3.8, 4) is 0 Å². The highest BCUT2D eigenvalue weighted by atomic mass is 35.7. The first-order chi connectivity index (χ1) is 5.95. The van der Waals surface area contributed by atoms with E-state index >= 15 is 0 Å². The largest absolute Gasteiger partial charge is 0.261 e. The minimum Gasteiger partial charge on any atom is -0.207 e. The van der Waals surface area contributed by atoms with E-state index in [1.807, 2.05) is 6.92 Å². The molecule has 0 fully saturated rings. The lowest BCUT2D eigenvalue weighted by Crippen LogP contribution is -1.92. The van der Waals surface area contributed by atoms with Crippen LogP contribution in [-0.2, 0) is 15.5 Å². The van der Waals surface area contributed by atoms with Gasteiger partial charge >= 0.3 is 0 Å². The third-order valence-corrected chi connectivity index (χ3v) is 3.39. The molecule has 0 heterocycles. The van der Waals surface area contributed by atoms with E-state index in [1.54, 1.807) is 6.07 Å². The summed E-state index contributed by atoms with van der Waals surface area (Å²) in [6, 6.07) is 4.48. The van der Waals surface area contributed by atoms with E-state index < -0.39 is 9.05 Å². The maximum atomic E-state index is 10.9. The Morgan fingerprint density at radius 3 is 2.38 bits per heavy atom. The zero-order valence-electron chi connectivity index (χ0n) is 6.92. The van der Waals surface area contributed by atoms with Crippen LogP contribution < -0.4 is 0 Å². The zero-order chi connectivity index (χ0) is 10.1. The van der Waals surface area contributed by atoms with E-state index in [0.717, 1.165) is 12.0 Å². The predicted molar refractivity (Wildman–Crippen MR) is 53.9 cm³/mol. The van der Waals surface area contributed by atoms with Crippen molar-refractivity contribution in [2.45, 2.75) is 18.2 Å². The molecule has 0 amide bonds. The van der Waals surface area contributed by atoms with Crippen LogP contribution >= 0.6 is 22.3 Å². The molecular weight excluding hydrogens is 231 g/mol. The van der Waals surface area contributed by atoms with Gasteiger partial charge in [-0.2, -0.15) is 0 Å². The molecule has 0 atom stereocenters. The molecule has 0 unspecified atom stereocenters. The number of benzene rings is 1. The minimum atomic E-state index is -3.66. The Morgan fingerprint density at radius 1 is 1.38 bits per heavy atom. The van der Waals surface area contributed by atoms with Gasteiger partial charge in [-0.3, -0.25) is 0 Å². The summed E-state index contributed by atoms with van der Waals surface area (Å²) in [7, 11) is 1.48. The number of halogens is 2. The van der Waals surface area contributed by atoms with Gasteiger partial charge in [-0.25, -0.2) is 8.42 Å². The summed E-state index contributed by atoms with van der Waals surface area (Å²) >= 11 is 5.81. The van der Waals surface area contributed by atoms with E-state index in [-0.39, 0.29) is 4.90 Å². The molecule has 0 spiro atoms. The van der Waals surface area contributed by atoms with Crippen molar-refractivity contribution in [1.82, 2.24) is 0 Å². The molecule has 13 heavy (non-hydrogen) atoms. The van der Waals surface area contributed by atoms with Gasteiger partial charge in [0.25, 0.3) is 9.05 Å². The van der Waals surface area contributed by atoms with Crippen molar-refractivity contribution in [1.29, 1.82) is 0 Å². The fraction of sp³-hybridized carbons (Fsp3) is 0.250. The fourth-order valence-corrected chi connectivity index (χ4v) is 2.12. The highest BCUT2D eigenvalue weighted by Gasteiger charge is 2.11. The molecule has 0 saturated carbocycles. The van der Waals surface area contributed by atoms with Gasteiger partial charge in [0, 0.05) is 15.7 Å². The van der Waals surface area contributed by atoms with E-state index in [4.69, 9.17) is 22.3 Å². The Bertz CT molecular complexity index is 412. The smallest absolute Gasteiger partial charge is 0.207 e. The summed E-state index contributed by atoms with van der Waals surface area (Å²) in [6.45, 7) is 1.94. The quantitative estimate of drug-likeness (QED) is 0.743. The van der Waals surface area contributed by atoms with Gasteiger partial charge in [0.15, 0.2) is 0 Å². The van der Waals surface area contributed by atoms with Crippen molar-refractivity contribution in [3.63, 3.8) is 0 Å². The van der Waals surface area contributed by atoms with Crippen molar-refractivity contribution in [2.75, 3.05) is 0 Å². The summed E-state index contributed by atoms with van der Waals surface area (Å²) in [5.74, 6) is 0. The summed E-state index contributed by atoms with van der Waals surface area (Å²) in [5, 5.41) is 0.434. The lowest BCUT2D eigenvalue weighted by atomic mass is 10.2. The molecule has 0 aliphatic heterocycles. The van der Waals surface area contributed by atoms with Gasteiger partial charge in [0.05, 0.1) is 4.90 Å². The molecule has 1 aromatic carbocycles. The molecule has 0 radical (unpaired) electrons. The molecule has 2 nitrogen and oxygen atoms in total. The third-order valence-electron chi connectivity index (χ3n) is 1.69. The van der Waals surface area contributed by atoms with Crippen LogP contribution in [0.1, 0.15) is 12.5 Å². The maximum Gasteiger partial charge on any atom is 0.261 e. The van der Waals surface area contributed by atoms with E-state index in [2.05, 4.69) is 0 Å². The maximum absolute atomic E-state index is 10.9. The van der Waals surface area contributed by atoms with Crippen LogP contribution in [0.15, 0.2) is 23.1 Å². The second-order valence-corrected chi connectivity index (χ2v) is 5.52. The SMILES string of the molecule is CCc1ccc(S(=O)(=O)Cl)cc1Cl. The molecule has 0 bridgehead atoms. The average Bonchev–Trinajstić information content (AvgIpc) is 2.02. The Kier molecular flexibility index (Phi) is 3.22. The van der Waals surface area contributed by atoms with Gasteiger partial charge in [0.1, 0.15) is 0 Å². The number of aryl methyl sites for hydroxylation is 1. The molecule has 0 aliphatic carbocycles. The Morgan fingerprint density at radius 2 is 2.00 bits per heavy atom. The molecule has 0 aromatic heterocycles. The molecule has 1 aromatic rings. The molecule has 0 N–H and O–H groups in total. The van der Waals surface area contributed by atoms with Crippen LogP contribution in [0.25, 0.3) is 0 Å². The first-order valence-electron chi connectivity index (χ1n) is 3.68. The standard InChI is InChI=1S/C8H8Cl2O2S/c1-2-6-3-4-7(5-8(6)9)13(10,11)12/h3-5H,2H2,1H3. The molecule has 72 valence electrons. The van der Waals surface area contributed by atoms with Gasteiger partial charge in [-0.05, 0) is 24.1 Å². The highest BCUT2D eigenvalue weighted by Crippen LogP contribution is 2.23. The number of hydrogen-bond acceptors (Lipinski definition) is 2. The van der Waals surface area contributed by atoms with Gasteiger partial charge < -0.3 is 0 Å². The van der Waals surface area contributed by atoms with Crippen molar-refractivity contribution < 1.29 is 8.42 Å². The van der Waals surface area contributed by atoms with E-state index in [1.165, 1.54) is 12.1 Å². The molecule has 0 saturated heterocycles. The lowest BCUT2D eigenvalue weighted by Gasteiger charge is -2.01. The predicted octanol–water partition coefficient (Wildman–Crippen LogP) is 2.83. The zero-order valence-corrected chi connectivity index (χ0v) is 9.25. The van der Waals surface area contributed by atoms with Crippen LogP contribution in [0.2, 0.25) is 5.02 Å². The fourth-order valence-electron chi connectivity index (χ4n) is 0.966. The van der Waals surface area contributed by atoms with Crippen LogP contribution in [-0.4, -0.2) is 8.42 Å². The minimum absolute atomic E-state index is 0.0383. The second-order valence-electron chi connectivity index (χ2n) is 2.54. The Hall–Kier alpha value is -0.250. The third kappa shape index (κ3) is 2.59. The van der Waals surface area contributed by atoms with Gasteiger partial charge in [0.2, 0.25) is 0 Å². The van der Waals surface area contributed by atoms with Crippen LogP contribution in [0, 0.1) is 0 Å². The molecule has 0 aliphatic rings. The molecule has 5 heteroatoms. The molecular formula is C8H8Cl2O2S. The van der Waals surface area contributed by atoms with Gasteiger partial charge in [-0.15, -0.1) is 0 Å². The summed E-state index contributed by atoms with van der Waals surface area (Å²) in [4.78, 5) is 0.0383. The number of rotatable bonds is 2. The van der Waals surface area contributed by atoms with E-state index in [0.29, 0.717) is 5.02 Å². The Balaban J connectivity index is 3.26. The first kappa shape index (κ1) is 10.8. The average molecular weight is 239 g/mol. The first-order valence-corrected chi connectivity index (χ1v) is 6.37. The van der Waals surface area contributed by atoms with Crippen LogP contribution in [0.3, 0.4) is 0 Å². The van der Waals surface area contributed by atoms with E-state index in [9.17, 15) is 8.42 Å². The summed E-state index contributed by atoms with van der Waals surface area (Å²) in [5.41, 5.74) is 0.908. The Labute approximate surface area is 86.9 Å². The van der Waals surface area contributed by atoms with Crippen LogP contribution in [0.4, 0.5) is 0 Å². The molecule has 1 rings (SSSR count). The summed E-state index contributed by atoms with van der Waals surface area (Å²) < 4.78 is 21.8. The van der Waals surface area contributed by atoms with Gasteiger partial charge in [-0.1, -0.05) is 24.6 Å². The lowest BCUT2D eigenvalue weighted by molar-refractivity contribution is 0.609. The second kappa shape index (κ2) is 3.86. The highest BCUT2D eigenvalue weighted by molar-refractivity contribution is 8.13. The van der Waals surface area contributed by atoms with Crippen LogP contribution in [0.5, 0.6) is 0 Å². The summed E-state index contributed by atoms with van der Waals surface area (Å²) in [6.07, 6.45) is 0.765. The number of hydrogen-bond donors (Lipinski definition) is 0. The monoisotopic (exact) mass is 238 g/mol. The van der Waals surface area contributed by atoms with Crippen molar-refractivity contribution in [2.24, 2.45) is 0 Å². The topological polar surface area (TPSA) is 34.1 Å². The van der Waals surface area contributed by atoms with Crippen molar-refractivity contribution in [3.05, 3.63) is 28.8 Å². The normalized spacial score (nSPS) is 11.6.